The van der Waals surface area contributed by atoms with Gasteiger partial charge in [0.25, 0.3) is 0 Å². The van der Waals surface area contributed by atoms with Crippen LogP contribution >= 0.6 is 7.82 Å². The number of allylic oxidation sites excluding steroid dienone is 2. The lowest BCUT2D eigenvalue weighted by Crippen LogP contribution is -2.08. The molecule has 0 bridgehead atoms. The number of phosphoric acid groups is 1. The molecular formula is C22H29O4P. The molecule has 0 aromatic heterocycles. The monoisotopic (exact) mass is 388 g/mol. The summed E-state index contributed by atoms with van der Waals surface area (Å²) in [6, 6.07) is 17.9. The summed E-state index contributed by atoms with van der Waals surface area (Å²) >= 11 is 0. The number of hydrogen-bond acceptors (Lipinski definition) is 4. The van der Waals surface area contributed by atoms with Gasteiger partial charge in [0.15, 0.2) is 0 Å². The summed E-state index contributed by atoms with van der Waals surface area (Å²) < 4.78 is 30.0. The third kappa shape index (κ3) is 8.47. The Hall–Kier alpha value is -2.03. The Kier molecular flexibility index (Phi) is 8.63. The van der Waals surface area contributed by atoms with Crippen LogP contribution in [0.4, 0.5) is 0 Å². The van der Waals surface area contributed by atoms with Crippen LogP contribution in [0.25, 0.3) is 0 Å². The topological polar surface area (TPSA) is 44.8 Å². The molecule has 0 N–H and O–H groups in total. The van der Waals surface area contributed by atoms with Gasteiger partial charge in [-0.05, 0) is 63.3 Å². The Morgan fingerprint density at radius 1 is 0.926 bits per heavy atom. The van der Waals surface area contributed by atoms with E-state index in [0.29, 0.717) is 24.0 Å². The van der Waals surface area contributed by atoms with Crippen LogP contribution in [0.2, 0.25) is 0 Å². The zero-order chi connectivity index (χ0) is 19.5. The van der Waals surface area contributed by atoms with Crippen LogP contribution in [0.5, 0.6) is 11.5 Å². The Balaban J connectivity index is 1.95. The summed E-state index contributed by atoms with van der Waals surface area (Å²) in [6.45, 7) is 6.69. The molecular weight excluding hydrogens is 359 g/mol. The Bertz CT molecular complexity index is 694. The largest absolute Gasteiger partial charge is 0.587 e. The second-order valence-corrected chi connectivity index (χ2v) is 8.36. The maximum atomic E-state index is 13.2. The van der Waals surface area contributed by atoms with Crippen LogP contribution in [0, 0.1) is 5.92 Å². The first-order valence-electron chi connectivity index (χ1n) is 9.34. The van der Waals surface area contributed by atoms with E-state index in [1.165, 1.54) is 5.57 Å². The fourth-order valence-electron chi connectivity index (χ4n) is 2.46. The van der Waals surface area contributed by atoms with E-state index in [-0.39, 0.29) is 0 Å². The quantitative estimate of drug-likeness (QED) is 0.306. The fourth-order valence-corrected chi connectivity index (χ4v) is 3.69. The number of benzene rings is 2. The van der Waals surface area contributed by atoms with Crippen LogP contribution in [0.3, 0.4) is 0 Å². The molecule has 2 rings (SSSR count). The van der Waals surface area contributed by atoms with Crippen molar-refractivity contribution in [2.75, 3.05) is 6.61 Å². The van der Waals surface area contributed by atoms with Gasteiger partial charge in [0.05, 0.1) is 6.61 Å². The first-order valence-corrected chi connectivity index (χ1v) is 10.8. The van der Waals surface area contributed by atoms with Crippen molar-refractivity contribution in [2.45, 2.75) is 40.0 Å². The second kappa shape index (κ2) is 11.0. The van der Waals surface area contributed by atoms with Crippen LogP contribution in [-0.4, -0.2) is 6.61 Å². The highest BCUT2D eigenvalue weighted by Gasteiger charge is 2.30. The summed E-state index contributed by atoms with van der Waals surface area (Å²) in [7, 11) is -3.77. The van der Waals surface area contributed by atoms with Crippen molar-refractivity contribution in [1.82, 2.24) is 0 Å². The Labute approximate surface area is 162 Å². The SMILES string of the molecule is CC(C)=CCCC(C)CCOP(=O)(Oc1ccccc1)Oc1ccccc1. The van der Waals surface area contributed by atoms with Crippen molar-refractivity contribution in [2.24, 2.45) is 5.92 Å². The van der Waals surface area contributed by atoms with Gasteiger partial charge in [0.1, 0.15) is 11.5 Å². The average Bonchev–Trinajstić information content (AvgIpc) is 2.63. The standard InChI is InChI=1S/C22H29O4P/c1-19(2)11-10-12-20(3)17-18-24-27(23,25-21-13-6-4-7-14-21)26-22-15-8-5-9-16-22/h4-9,11,13-16,20H,10,12,17-18H2,1-3H3. The van der Waals surface area contributed by atoms with E-state index in [4.69, 9.17) is 13.6 Å². The third-order valence-corrected chi connectivity index (χ3v) is 5.36. The van der Waals surface area contributed by atoms with Crippen molar-refractivity contribution in [1.29, 1.82) is 0 Å². The summed E-state index contributed by atoms with van der Waals surface area (Å²) in [5.74, 6) is 1.37. The van der Waals surface area contributed by atoms with E-state index in [1.807, 2.05) is 36.4 Å². The van der Waals surface area contributed by atoms with Crippen molar-refractivity contribution in [3.8, 4) is 11.5 Å². The van der Waals surface area contributed by atoms with E-state index < -0.39 is 7.82 Å². The minimum absolute atomic E-state index is 0.312. The van der Waals surface area contributed by atoms with E-state index in [0.717, 1.165) is 19.3 Å². The van der Waals surface area contributed by atoms with E-state index in [1.54, 1.807) is 24.3 Å². The molecule has 146 valence electrons. The van der Waals surface area contributed by atoms with Gasteiger partial charge >= 0.3 is 7.82 Å². The van der Waals surface area contributed by atoms with E-state index >= 15 is 0 Å². The maximum absolute atomic E-state index is 13.2. The normalized spacial score (nSPS) is 12.3. The summed E-state index contributed by atoms with van der Waals surface area (Å²) in [5, 5.41) is 0. The second-order valence-electron chi connectivity index (χ2n) is 6.84. The predicted molar refractivity (Wildman–Crippen MR) is 110 cm³/mol. The first kappa shape index (κ1) is 21.3. The number of rotatable bonds is 11. The van der Waals surface area contributed by atoms with Gasteiger partial charge in [-0.1, -0.05) is 55.0 Å². The van der Waals surface area contributed by atoms with Gasteiger partial charge in [-0.25, -0.2) is 4.57 Å². The molecule has 0 fully saturated rings. The van der Waals surface area contributed by atoms with Gasteiger partial charge in [-0.2, -0.15) is 0 Å². The molecule has 1 unspecified atom stereocenters. The lowest BCUT2D eigenvalue weighted by atomic mass is 10.0. The number of phosphoric ester groups is 1. The lowest BCUT2D eigenvalue weighted by molar-refractivity contribution is 0.196. The molecule has 0 saturated carbocycles. The zero-order valence-corrected chi connectivity index (χ0v) is 17.2. The molecule has 0 aliphatic carbocycles. The zero-order valence-electron chi connectivity index (χ0n) is 16.3. The van der Waals surface area contributed by atoms with Crippen molar-refractivity contribution < 1.29 is 18.1 Å². The highest BCUT2D eigenvalue weighted by Crippen LogP contribution is 2.49. The molecule has 0 saturated heterocycles. The molecule has 27 heavy (non-hydrogen) atoms. The number of para-hydroxylation sites is 2. The molecule has 0 heterocycles. The minimum Gasteiger partial charge on any atom is -0.395 e. The fraction of sp³-hybridized carbons (Fsp3) is 0.364. The third-order valence-electron chi connectivity index (χ3n) is 3.99. The molecule has 2 aromatic carbocycles. The maximum Gasteiger partial charge on any atom is 0.587 e. The van der Waals surface area contributed by atoms with Crippen LogP contribution in [0.1, 0.15) is 40.0 Å². The molecule has 0 spiro atoms. The van der Waals surface area contributed by atoms with Gasteiger partial charge in [0.2, 0.25) is 0 Å². The Morgan fingerprint density at radius 2 is 1.44 bits per heavy atom. The molecule has 0 amide bonds. The smallest absolute Gasteiger partial charge is 0.395 e. The van der Waals surface area contributed by atoms with Gasteiger partial charge in [0, 0.05) is 0 Å². The van der Waals surface area contributed by atoms with E-state index in [9.17, 15) is 4.57 Å². The first-order chi connectivity index (χ1) is 13.0. The van der Waals surface area contributed by atoms with Gasteiger partial charge < -0.3 is 9.05 Å². The average molecular weight is 388 g/mol. The molecule has 2 aromatic rings. The van der Waals surface area contributed by atoms with Gasteiger partial charge in [-0.3, -0.25) is 4.52 Å². The molecule has 0 radical (unpaired) electrons. The lowest BCUT2D eigenvalue weighted by Gasteiger charge is -2.20. The van der Waals surface area contributed by atoms with Crippen molar-refractivity contribution in [3.05, 3.63) is 72.3 Å². The molecule has 5 heteroatoms. The predicted octanol–water partition coefficient (Wildman–Crippen LogP) is 7.04. The highest BCUT2D eigenvalue weighted by atomic mass is 31.2. The van der Waals surface area contributed by atoms with Crippen molar-refractivity contribution >= 4 is 7.82 Å². The summed E-state index contributed by atoms with van der Waals surface area (Å²) in [4.78, 5) is 0. The molecule has 1 atom stereocenters. The van der Waals surface area contributed by atoms with Gasteiger partial charge in [-0.15, -0.1) is 0 Å². The number of hydrogen-bond donors (Lipinski definition) is 0. The van der Waals surface area contributed by atoms with Crippen LogP contribution < -0.4 is 9.05 Å². The minimum atomic E-state index is -3.77. The molecule has 4 nitrogen and oxygen atoms in total. The molecule has 0 aliphatic heterocycles. The highest BCUT2D eigenvalue weighted by molar-refractivity contribution is 7.49. The Morgan fingerprint density at radius 3 is 1.93 bits per heavy atom. The summed E-state index contributed by atoms with van der Waals surface area (Å²) in [5.41, 5.74) is 1.33. The van der Waals surface area contributed by atoms with Crippen LogP contribution in [0.15, 0.2) is 72.3 Å². The summed E-state index contributed by atoms with van der Waals surface area (Å²) in [6.07, 6.45) is 5.14. The van der Waals surface area contributed by atoms with E-state index in [2.05, 4.69) is 26.8 Å². The van der Waals surface area contributed by atoms with Crippen molar-refractivity contribution in [3.63, 3.8) is 0 Å². The molecule has 0 aliphatic rings. The van der Waals surface area contributed by atoms with Crippen LogP contribution in [-0.2, 0) is 9.09 Å².